The quantitative estimate of drug-likeness (QED) is 0.857. The van der Waals surface area contributed by atoms with Crippen LogP contribution in [0.4, 0.5) is 5.69 Å². The Kier molecular flexibility index (Phi) is 4.06. The number of nitrogens with one attached hydrogen (secondary N) is 1. The summed E-state index contributed by atoms with van der Waals surface area (Å²) in [7, 11) is 0. The summed E-state index contributed by atoms with van der Waals surface area (Å²) in [5.74, 6) is -0.269. The van der Waals surface area contributed by atoms with Gasteiger partial charge in [0, 0.05) is 17.1 Å². The van der Waals surface area contributed by atoms with Crippen LogP contribution in [0.15, 0.2) is 23.7 Å². The molecule has 0 radical (unpaired) electrons. The average Bonchev–Trinajstić information content (AvgIpc) is 2.85. The molecular formula is C11H9Cl2N3OS. The lowest BCUT2D eigenvalue weighted by Gasteiger charge is -2.06. The molecule has 94 valence electrons. The number of anilines is 1. The third-order valence-electron chi connectivity index (χ3n) is 2.22. The molecule has 0 saturated carbocycles. The van der Waals surface area contributed by atoms with E-state index in [0.717, 1.165) is 5.01 Å². The number of aromatic nitrogens is 1. The predicted octanol–water partition coefficient (Wildman–Crippen LogP) is 2.96. The molecule has 0 atom stereocenters. The SMILES string of the molecule is Nc1c(Cl)cc(C(=O)NCc2nccs2)cc1Cl. The van der Waals surface area contributed by atoms with E-state index in [1.54, 1.807) is 6.20 Å². The Morgan fingerprint density at radius 3 is 2.61 bits per heavy atom. The molecule has 0 aliphatic heterocycles. The van der Waals surface area contributed by atoms with Gasteiger partial charge in [-0.15, -0.1) is 11.3 Å². The van der Waals surface area contributed by atoms with Crippen LogP contribution in [0.2, 0.25) is 10.0 Å². The van der Waals surface area contributed by atoms with Gasteiger partial charge in [0.1, 0.15) is 5.01 Å². The van der Waals surface area contributed by atoms with Gasteiger partial charge in [-0.2, -0.15) is 0 Å². The van der Waals surface area contributed by atoms with Crippen LogP contribution in [0.25, 0.3) is 0 Å². The Bertz CT molecular complexity index is 549. The normalized spacial score (nSPS) is 10.3. The zero-order valence-corrected chi connectivity index (χ0v) is 11.4. The fourth-order valence-corrected chi connectivity index (χ4v) is 2.36. The Hall–Kier alpha value is -1.30. The molecule has 4 nitrogen and oxygen atoms in total. The van der Waals surface area contributed by atoms with E-state index in [9.17, 15) is 4.79 Å². The predicted molar refractivity (Wildman–Crippen MR) is 74.2 cm³/mol. The fourth-order valence-electron chi connectivity index (χ4n) is 1.31. The number of hydrogen-bond acceptors (Lipinski definition) is 4. The lowest BCUT2D eigenvalue weighted by Crippen LogP contribution is -2.22. The van der Waals surface area contributed by atoms with Gasteiger partial charge in [0.2, 0.25) is 0 Å². The van der Waals surface area contributed by atoms with Gasteiger partial charge in [-0.3, -0.25) is 4.79 Å². The van der Waals surface area contributed by atoms with Crippen molar-refractivity contribution in [3.63, 3.8) is 0 Å². The van der Waals surface area contributed by atoms with Crippen molar-refractivity contribution in [1.82, 2.24) is 10.3 Å². The van der Waals surface area contributed by atoms with E-state index in [1.807, 2.05) is 5.38 Å². The van der Waals surface area contributed by atoms with Crippen LogP contribution in [0.3, 0.4) is 0 Å². The second-order valence-corrected chi connectivity index (χ2v) is 5.26. The van der Waals surface area contributed by atoms with Crippen molar-refractivity contribution in [1.29, 1.82) is 0 Å². The largest absolute Gasteiger partial charge is 0.396 e. The molecule has 0 saturated heterocycles. The molecule has 0 aliphatic carbocycles. The van der Waals surface area contributed by atoms with Crippen LogP contribution in [0.1, 0.15) is 15.4 Å². The second-order valence-electron chi connectivity index (χ2n) is 3.46. The van der Waals surface area contributed by atoms with Crippen LogP contribution < -0.4 is 11.1 Å². The Morgan fingerprint density at radius 2 is 2.06 bits per heavy atom. The van der Waals surface area contributed by atoms with Crippen LogP contribution in [-0.2, 0) is 6.54 Å². The van der Waals surface area contributed by atoms with E-state index >= 15 is 0 Å². The molecule has 0 spiro atoms. The number of amides is 1. The molecule has 1 amide bonds. The molecule has 3 N–H and O–H groups in total. The number of nitrogens with two attached hydrogens (primary N) is 1. The van der Waals surface area contributed by atoms with E-state index in [1.165, 1.54) is 23.5 Å². The van der Waals surface area contributed by atoms with Gasteiger partial charge < -0.3 is 11.1 Å². The maximum Gasteiger partial charge on any atom is 0.251 e. The molecule has 0 aliphatic rings. The highest BCUT2D eigenvalue weighted by molar-refractivity contribution is 7.09. The van der Waals surface area contributed by atoms with E-state index in [-0.39, 0.29) is 21.6 Å². The first kappa shape index (κ1) is 13.1. The maximum absolute atomic E-state index is 11.9. The summed E-state index contributed by atoms with van der Waals surface area (Å²) in [5.41, 5.74) is 6.24. The lowest BCUT2D eigenvalue weighted by atomic mass is 10.2. The van der Waals surface area contributed by atoms with Gasteiger partial charge in [0.05, 0.1) is 22.3 Å². The molecular weight excluding hydrogens is 293 g/mol. The van der Waals surface area contributed by atoms with Gasteiger partial charge in [-0.1, -0.05) is 23.2 Å². The second kappa shape index (κ2) is 5.56. The van der Waals surface area contributed by atoms with Crippen molar-refractivity contribution in [3.8, 4) is 0 Å². The zero-order valence-electron chi connectivity index (χ0n) is 9.11. The highest BCUT2D eigenvalue weighted by Gasteiger charge is 2.11. The number of nitrogens with zero attached hydrogens (tertiary/aromatic N) is 1. The average molecular weight is 302 g/mol. The topological polar surface area (TPSA) is 68.0 Å². The highest BCUT2D eigenvalue weighted by atomic mass is 35.5. The highest BCUT2D eigenvalue weighted by Crippen LogP contribution is 2.28. The smallest absolute Gasteiger partial charge is 0.251 e. The molecule has 1 aromatic carbocycles. The van der Waals surface area contributed by atoms with Gasteiger partial charge in [0.25, 0.3) is 5.91 Å². The number of carbonyl (C=O) groups is 1. The Morgan fingerprint density at radius 1 is 1.39 bits per heavy atom. The third kappa shape index (κ3) is 2.93. The minimum atomic E-state index is -0.269. The number of thiazole rings is 1. The van der Waals surface area contributed by atoms with Gasteiger partial charge >= 0.3 is 0 Å². The van der Waals surface area contributed by atoms with Gasteiger partial charge in [-0.25, -0.2) is 4.98 Å². The fraction of sp³-hybridized carbons (Fsp3) is 0.0909. The number of benzene rings is 1. The van der Waals surface area contributed by atoms with Gasteiger partial charge in [-0.05, 0) is 12.1 Å². The van der Waals surface area contributed by atoms with Crippen molar-refractivity contribution < 1.29 is 4.79 Å². The summed E-state index contributed by atoms with van der Waals surface area (Å²) >= 11 is 13.2. The van der Waals surface area contributed by atoms with E-state index in [0.29, 0.717) is 12.1 Å². The third-order valence-corrected chi connectivity index (χ3v) is 3.63. The monoisotopic (exact) mass is 301 g/mol. The first-order valence-electron chi connectivity index (χ1n) is 4.99. The Labute approximate surface area is 118 Å². The molecule has 1 aromatic heterocycles. The van der Waals surface area contributed by atoms with E-state index in [4.69, 9.17) is 28.9 Å². The van der Waals surface area contributed by atoms with Crippen LogP contribution in [0.5, 0.6) is 0 Å². The summed E-state index contributed by atoms with van der Waals surface area (Å²) in [5, 5.41) is 5.93. The minimum absolute atomic E-state index is 0.266. The Balaban J connectivity index is 2.09. The van der Waals surface area contributed by atoms with Crippen molar-refractivity contribution >= 4 is 46.1 Å². The van der Waals surface area contributed by atoms with E-state index < -0.39 is 0 Å². The molecule has 0 fully saturated rings. The van der Waals surface area contributed by atoms with E-state index in [2.05, 4.69) is 10.3 Å². The number of hydrogen-bond donors (Lipinski definition) is 2. The first-order valence-corrected chi connectivity index (χ1v) is 6.62. The number of nitrogen functional groups attached to an aromatic ring is 1. The molecule has 0 unspecified atom stereocenters. The van der Waals surface area contributed by atoms with Crippen molar-refractivity contribution in [2.24, 2.45) is 0 Å². The molecule has 2 rings (SSSR count). The van der Waals surface area contributed by atoms with Crippen LogP contribution >= 0.6 is 34.5 Å². The summed E-state index contributed by atoms with van der Waals surface area (Å²) in [4.78, 5) is 15.9. The van der Waals surface area contributed by atoms with Gasteiger partial charge in [0.15, 0.2) is 0 Å². The van der Waals surface area contributed by atoms with Crippen LogP contribution in [0, 0.1) is 0 Å². The maximum atomic E-state index is 11.9. The van der Waals surface area contributed by atoms with Crippen LogP contribution in [-0.4, -0.2) is 10.9 Å². The minimum Gasteiger partial charge on any atom is -0.396 e. The standard InChI is InChI=1S/C11H9Cl2N3OS/c12-7-3-6(4-8(13)10(7)14)11(17)16-5-9-15-1-2-18-9/h1-4H,5,14H2,(H,16,17). The lowest BCUT2D eigenvalue weighted by molar-refractivity contribution is 0.0951. The molecule has 0 bridgehead atoms. The summed E-state index contributed by atoms with van der Waals surface area (Å²) < 4.78 is 0. The van der Waals surface area contributed by atoms with Crippen molar-refractivity contribution in [2.75, 3.05) is 5.73 Å². The van der Waals surface area contributed by atoms with Crippen molar-refractivity contribution in [3.05, 3.63) is 44.3 Å². The summed E-state index contributed by atoms with van der Waals surface area (Å²) in [6.45, 7) is 0.371. The summed E-state index contributed by atoms with van der Waals surface area (Å²) in [6, 6.07) is 2.97. The molecule has 18 heavy (non-hydrogen) atoms. The number of carbonyl (C=O) groups excluding carboxylic acids is 1. The first-order chi connectivity index (χ1) is 8.58. The summed E-state index contributed by atoms with van der Waals surface area (Å²) in [6.07, 6.45) is 1.68. The number of halogens is 2. The zero-order chi connectivity index (χ0) is 13.1. The molecule has 1 heterocycles. The molecule has 2 aromatic rings. The van der Waals surface area contributed by atoms with Crippen molar-refractivity contribution in [2.45, 2.75) is 6.54 Å². The number of rotatable bonds is 3. The molecule has 7 heteroatoms.